The number of aliphatic hydroxyl groups is 1. The summed E-state index contributed by atoms with van der Waals surface area (Å²) in [5.41, 5.74) is 0. The highest BCUT2D eigenvalue weighted by Gasteiger charge is 2.23. The summed E-state index contributed by atoms with van der Waals surface area (Å²) >= 11 is 0. The van der Waals surface area contributed by atoms with Crippen molar-refractivity contribution in [1.29, 1.82) is 0 Å². The Labute approximate surface area is 499 Å². The molecular weight excluding hydrogens is 1020 g/mol. The van der Waals surface area contributed by atoms with Gasteiger partial charge in [-0.1, -0.05) is 268 Å². The van der Waals surface area contributed by atoms with Gasteiger partial charge in [-0.15, -0.1) is 0 Å². The van der Waals surface area contributed by atoms with Crippen molar-refractivity contribution in [3.05, 3.63) is 158 Å². The zero-order chi connectivity index (χ0) is 59.1. The van der Waals surface area contributed by atoms with E-state index in [-0.39, 0.29) is 12.5 Å². The molecule has 0 aromatic carbocycles. The molecule has 3 unspecified atom stereocenters. The molecule has 2 N–H and O–H groups in total. The molecule has 8 nitrogen and oxygen atoms in total. The van der Waals surface area contributed by atoms with Crippen molar-refractivity contribution in [3.63, 3.8) is 0 Å². The Balaban J connectivity index is 4.28. The highest BCUT2D eigenvalue weighted by atomic mass is 31.2. The molecule has 0 heterocycles. The van der Waals surface area contributed by atoms with Crippen LogP contribution in [0, 0.1) is 0 Å². The molecule has 460 valence electrons. The number of carbonyl (C=O) groups excluding carboxylic acids is 1. The van der Waals surface area contributed by atoms with Crippen LogP contribution in [0.25, 0.3) is 0 Å². The Bertz CT molecular complexity index is 1870. The smallest absolute Gasteiger partial charge is 0.268 e. The fraction of sp³-hybridized carbons (Fsp3) is 0.625. The highest BCUT2D eigenvalue weighted by molar-refractivity contribution is 7.45. The van der Waals surface area contributed by atoms with Gasteiger partial charge >= 0.3 is 0 Å². The van der Waals surface area contributed by atoms with Crippen LogP contribution < -0.4 is 10.2 Å². The first kappa shape index (κ1) is 77.1. The van der Waals surface area contributed by atoms with Crippen LogP contribution in [0.1, 0.15) is 239 Å². The molecule has 1 amide bonds. The average Bonchev–Trinajstić information content (AvgIpc) is 3.43. The minimum atomic E-state index is -4.63. The molecule has 0 saturated heterocycles. The van der Waals surface area contributed by atoms with E-state index >= 15 is 0 Å². The minimum absolute atomic E-state index is 0.0207. The second-order valence-electron chi connectivity index (χ2n) is 22.4. The van der Waals surface area contributed by atoms with Crippen LogP contribution in [0.15, 0.2) is 158 Å². The first-order valence-electron chi connectivity index (χ1n) is 32.3. The second-order valence-corrected chi connectivity index (χ2v) is 23.8. The molecule has 0 aliphatic carbocycles. The standard InChI is InChI=1S/C72H121N2O6P/c1-6-8-10-12-14-16-18-20-22-24-26-28-30-31-32-33-34-35-36-37-38-39-40-41-42-43-44-46-48-50-52-54-56-58-60-62-64-66-72(76)73-70(69-80-81(77,78)79-68-67-74(3,4)5)71(75)65-63-61-59-57-55-53-51-49-47-45-29-27-25-23-21-19-17-15-13-11-9-7-2/h8,10,14,16,20,22,26,28,31-32,34-35,37-38,40-41,43-44,47-50,55,57,63,65,70-71,75H,6-7,9,11-13,15,17-19,21,23-25,27,29-30,33,36,39,42,45-46,51-54,56,58-62,64,66-69H2,1-5H3,(H-,73,76,77,78)/b10-8-,16-14-,22-20-,28-26-,32-31-,35-34-,38-37-,41-40-,44-43-,49-47+,50-48-,57-55+,65-63+. The van der Waals surface area contributed by atoms with Crippen molar-refractivity contribution < 1.29 is 32.9 Å². The molecule has 0 aromatic heterocycles. The SMILES string of the molecule is CC/C=C\C/C=C\C/C=C\C/C=C\C/C=C\C/C=C\C/C=C\C/C=C\C/C=C\C/C=C\CCCCCCCCC(=O)NC(COP(=O)([O-])OCC[N+](C)(C)C)C(O)/C=C/CC/C=C/CC/C=C/CCCCCCCCCCCCCC. The summed E-state index contributed by atoms with van der Waals surface area (Å²) in [6.07, 6.45) is 94.8. The topological polar surface area (TPSA) is 108 Å². The number of likely N-dealkylation sites (N-methyl/N-ethyl adjacent to an activating group) is 1. The number of quaternary nitrogens is 1. The van der Waals surface area contributed by atoms with E-state index < -0.39 is 26.6 Å². The zero-order valence-corrected chi connectivity index (χ0v) is 53.3. The monoisotopic (exact) mass is 1140 g/mol. The number of phosphoric acid groups is 1. The summed E-state index contributed by atoms with van der Waals surface area (Å²) in [5.74, 6) is -0.232. The van der Waals surface area contributed by atoms with Crippen molar-refractivity contribution in [2.45, 2.75) is 251 Å². The van der Waals surface area contributed by atoms with Gasteiger partial charge in [0, 0.05) is 6.42 Å². The number of rotatable bonds is 57. The number of nitrogens with one attached hydrogen (secondary N) is 1. The Kier molecular flexibility index (Phi) is 57.8. The predicted octanol–water partition coefficient (Wildman–Crippen LogP) is 20.0. The summed E-state index contributed by atoms with van der Waals surface area (Å²) in [7, 11) is 1.20. The van der Waals surface area contributed by atoms with Gasteiger partial charge in [0.05, 0.1) is 39.9 Å². The lowest BCUT2D eigenvalue weighted by Crippen LogP contribution is -2.45. The van der Waals surface area contributed by atoms with Crippen LogP contribution in [0.2, 0.25) is 0 Å². The van der Waals surface area contributed by atoms with Crippen LogP contribution in [0.5, 0.6) is 0 Å². The largest absolute Gasteiger partial charge is 0.756 e. The first-order chi connectivity index (χ1) is 39.5. The van der Waals surface area contributed by atoms with Crippen molar-refractivity contribution in [2.75, 3.05) is 40.9 Å². The Morgan fingerprint density at radius 2 is 0.765 bits per heavy atom. The number of nitrogens with zero attached hydrogens (tertiary/aromatic N) is 1. The number of amides is 1. The maximum absolute atomic E-state index is 13.0. The third kappa shape index (κ3) is 63.5. The van der Waals surface area contributed by atoms with E-state index in [9.17, 15) is 19.4 Å². The molecule has 0 radical (unpaired) electrons. The number of aliphatic hydroxyl groups excluding tert-OH is 1. The van der Waals surface area contributed by atoms with Crippen molar-refractivity contribution in [2.24, 2.45) is 0 Å². The Morgan fingerprint density at radius 3 is 1.15 bits per heavy atom. The van der Waals surface area contributed by atoms with Gasteiger partial charge in [0.2, 0.25) is 5.91 Å². The molecule has 0 spiro atoms. The fourth-order valence-electron chi connectivity index (χ4n) is 8.45. The number of hydrogen-bond donors (Lipinski definition) is 2. The van der Waals surface area contributed by atoms with Crippen LogP contribution in [0.3, 0.4) is 0 Å². The highest BCUT2D eigenvalue weighted by Crippen LogP contribution is 2.38. The number of hydrogen-bond acceptors (Lipinski definition) is 6. The molecule has 0 fully saturated rings. The predicted molar refractivity (Wildman–Crippen MR) is 352 cm³/mol. The summed E-state index contributed by atoms with van der Waals surface area (Å²) in [4.78, 5) is 25.6. The van der Waals surface area contributed by atoms with Crippen LogP contribution in [-0.4, -0.2) is 68.5 Å². The number of unbranched alkanes of at least 4 members (excludes halogenated alkanes) is 20. The van der Waals surface area contributed by atoms with E-state index in [1.807, 2.05) is 27.2 Å². The molecule has 0 aliphatic rings. The van der Waals surface area contributed by atoms with Crippen LogP contribution >= 0.6 is 7.82 Å². The van der Waals surface area contributed by atoms with E-state index in [0.29, 0.717) is 17.4 Å². The third-order valence-corrected chi connectivity index (χ3v) is 14.4. The van der Waals surface area contributed by atoms with Gasteiger partial charge in [-0.3, -0.25) is 9.36 Å². The first-order valence-corrected chi connectivity index (χ1v) is 33.8. The molecule has 9 heteroatoms. The molecule has 0 rings (SSSR count). The van der Waals surface area contributed by atoms with Crippen molar-refractivity contribution in [1.82, 2.24) is 5.32 Å². The summed E-state index contributed by atoms with van der Waals surface area (Å²) in [6, 6.07) is -0.931. The quantitative estimate of drug-likeness (QED) is 0.0272. The van der Waals surface area contributed by atoms with Gasteiger partial charge < -0.3 is 28.8 Å². The third-order valence-electron chi connectivity index (χ3n) is 13.4. The molecular formula is C72H121N2O6P. The molecule has 0 saturated carbocycles. The van der Waals surface area contributed by atoms with Gasteiger partial charge in [-0.05, 0) is 122 Å². The number of phosphoric ester groups is 1. The Morgan fingerprint density at radius 1 is 0.444 bits per heavy atom. The molecule has 81 heavy (non-hydrogen) atoms. The molecule has 3 atom stereocenters. The van der Waals surface area contributed by atoms with Gasteiger partial charge in [0.15, 0.2) is 0 Å². The van der Waals surface area contributed by atoms with Crippen molar-refractivity contribution in [3.8, 4) is 0 Å². The summed E-state index contributed by atoms with van der Waals surface area (Å²) in [5, 5.41) is 13.9. The van der Waals surface area contributed by atoms with E-state index in [1.54, 1.807) is 6.08 Å². The number of carbonyl (C=O) groups is 1. The number of allylic oxidation sites excluding steroid dienone is 25. The zero-order valence-electron chi connectivity index (χ0n) is 52.4. The molecule has 0 aromatic rings. The maximum Gasteiger partial charge on any atom is 0.268 e. The lowest BCUT2D eigenvalue weighted by atomic mass is 10.0. The summed E-state index contributed by atoms with van der Waals surface area (Å²) in [6.45, 7) is 4.48. The van der Waals surface area contributed by atoms with Gasteiger partial charge in [-0.25, -0.2) is 0 Å². The van der Waals surface area contributed by atoms with Gasteiger partial charge in [0.25, 0.3) is 7.82 Å². The molecule has 0 aliphatic heterocycles. The van der Waals surface area contributed by atoms with Gasteiger partial charge in [0.1, 0.15) is 13.2 Å². The van der Waals surface area contributed by atoms with Gasteiger partial charge in [-0.2, -0.15) is 0 Å². The maximum atomic E-state index is 13.0. The molecule has 0 bridgehead atoms. The van der Waals surface area contributed by atoms with E-state index in [0.717, 1.165) is 135 Å². The lowest BCUT2D eigenvalue weighted by Gasteiger charge is -2.29. The summed E-state index contributed by atoms with van der Waals surface area (Å²) < 4.78 is 23.4. The van der Waals surface area contributed by atoms with E-state index in [1.165, 1.54) is 83.5 Å². The lowest BCUT2D eigenvalue weighted by molar-refractivity contribution is -0.870. The average molecular weight is 1140 g/mol. The normalized spacial score (nSPS) is 14.8. The van der Waals surface area contributed by atoms with Crippen LogP contribution in [-0.2, 0) is 18.4 Å². The van der Waals surface area contributed by atoms with E-state index in [4.69, 9.17) is 9.05 Å². The minimum Gasteiger partial charge on any atom is -0.756 e. The Hall–Kier alpha value is -3.88. The fourth-order valence-corrected chi connectivity index (χ4v) is 9.17. The van der Waals surface area contributed by atoms with Crippen molar-refractivity contribution >= 4 is 13.7 Å². The second kappa shape index (κ2) is 60.7. The van der Waals surface area contributed by atoms with Crippen LogP contribution in [0.4, 0.5) is 0 Å². The van der Waals surface area contributed by atoms with E-state index in [2.05, 4.69) is 165 Å².